The number of hydrogen-bond acceptors (Lipinski definition) is 3. The van der Waals surface area contributed by atoms with Crippen molar-refractivity contribution in [2.45, 2.75) is 51.6 Å². The first kappa shape index (κ1) is 29.8. The minimum absolute atomic E-state index is 0.151. The lowest BCUT2D eigenvalue weighted by Gasteiger charge is -2.32. The van der Waals surface area contributed by atoms with Gasteiger partial charge in [0.1, 0.15) is 11.8 Å². The lowest BCUT2D eigenvalue weighted by atomic mass is 10.0. The maximum absolute atomic E-state index is 13.7. The van der Waals surface area contributed by atoms with Gasteiger partial charge in [0.05, 0.1) is 6.61 Å². The molecule has 0 aliphatic rings. The van der Waals surface area contributed by atoms with Crippen molar-refractivity contribution in [3.05, 3.63) is 99.0 Å². The molecule has 5 nitrogen and oxygen atoms in total. The van der Waals surface area contributed by atoms with E-state index in [1.165, 1.54) is 0 Å². The van der Waals surface area contributed by atoms with Crippen molar-refractivity contribution in [1.29, 1.82) is 0 Å². The van der Waals surface area contributed by atoms with Gasteiger partial charge in [0.25, 0.3) is 0 Å². The van der Waals surface area contributed by atoms with Gasteiger partial charge in [-0.15, -0.1) is 0 Å². The molecule has 0 heterocycles. The Labute approximate surface area is 240 Å². The molecule has 0 radical (unpaired) electrons. The number of unbranched alkanes of at least 4 members (excludes halogenated alkanes) is 1. The van der Waals surface area contributed by atoms with E-state index in [-0.39, 0.29) is 24.8 Å². The number of ether oxygens (including phenoxy) is 1. The van der Waals surface area contributed by atoms with Gasteiger partial charge in [-0.3, -0.25) is 9.59 Å². The first-order chi connectivity index (χ1) is 18.4. The highest BCUT2D eigenvalue weighted by Gasteiger charge is 2.30. The summed E-state index contributed by atoms with van der Waals surface area (Å²) in [6.07, 6.45) is 2.91. The van der Waals surface area contributed by atoms with Crippen LogP contribution in [0.15, 0.2) is 72.8 Å². The maximum atomic E-state index is 13.7. The van der Waals surface area contributed by atoms with Crippen molar-refractivity contribution in [2.75, 3.05) is 13.2 Å². The van der Waals surface area contributed by atoms with Crippen molar-refractivity contribution < 1.29 is 14.3 Å². The van der Waals surface area contributed by atoms with Crippen LogP contribution in [0.25, 0.3) is 0 Å². The summed E-state index contributed by atoms with van der Waals surface area (Å²) in [4.78, 5) is 28.7. The fraction of sp³-hybridized carbons (Fsp3) is 0.333. The summed E-state index contributed by atoms with van der Waals surface area (Å²) < 4.78 is 5.77. The minimum atomic E-state index is -0.703. The molecule has 202 valence electrons. The third-order valence-electron chi connectivity index (χ3n) is 6.07. The molecule has 3 rings (SSSR count). The SMILES string of the molecule is CCCCNC(=O)C(Cc1ccccc1)N(Cc1ccc(Cl)cc1Cl)C(=O)CCCOc1ccc(Cl)cc1. The minimum Gasteiger partial charge on any atom is -0.494 e. The summed E-state index contributed by atoms with van der Waals surface area (Å²) >= 11 is 18.5. The Kier molecular flexibility index (Phi) is 12.3. The molecule has 0 fully saturated rings. The zero-order valence-electron chi connectivity index (χ0n) is 21.5. The molecule has 0 aromatic heterocycles. The third-order valence-corrected chi connectivity index (χ3v) is 6.91. The van der Waals surface area contributed by atoms with Gasteiger partial charge in [-0.1, -0.05) is 84.5 Å². The number of hydrogen-bond donors (Lipinski definition) is 1. The molecule has 8 heteroatoms. The van der Waals surface area contributed by atoms with Crippen molar-refractivity contribution in [2.24, 2.45) is 0 Å². The summed E-state index contributed by atoms with van der Waals surface area (Å²) in [7, 11) is 0. The van der Waals surface area contributed by atoms with E-state index in [2.05, 4.69) is 12.2 Å². The van der Waals surface area contributed by atoms with E-state index in [1.54, 1.807) is 47.4 Å². The first-order valence-electron chi connectivity index (χ1n) is 12.8. The number of nitrogens with zero attached hydrogens (tertiary/aromatic N) is 1. The quantitative estimate of drug-likeness (QED) is 0.204. The van der Waals surface area contributed by atoms with E-state index in [0.29, 0.717) is 46.8 Å². The van der Waals surface area contributed by atoms with Crippen LogP contribution in [0.1, 0.15) is 43.7 Å². The molecule has 0 spiro atoms. The summed E-state index contributed by atoms with van der Waals surface area (Å²) in [5, 5.41) is 4.61. The summed E-state index contributed by atoms with van der Waals surface area (Å²) in [5.74, 6) is 0.351. The van der Waals surface area contributed by atoms with Gasteiger partial charge in [0.15, 0.2) is 0 Å². The molecule has 0 aliphatic heterocycles. The monoisotopic (exact) mass is 574 g/mol. The smallest absolute Gasteiger partial charge is 0.243 e. The lowest BCUT2D eigenvalue weighted by molar-refractivity contribution is -0.141. The molecule has 0 saturated heterocycles. The van der Waals surface area contributed by atoms with Crippen molar-refractivity contribution in [3.63, 3.8) is 0 Å². The van der Waals surface area contributed by atoms with Crippen LogP contribution in [0, 0.1) is 0 Å². The van der Waals surface area contributed by atoms with Crippen LogP contribution >= 0.6 is 34.8 Å². The molecule has 0 saturated carbocycles. The van der Waals surface area contributed by atoms with Gasteiger partial charge in [0.2, 0.25) is 11.8 Å². The fourth-order valence-electron chi connectivity index (χ4n) is 3.98. The van der Waals surface area contributed by atoms with Crippen molar-refractivity contribution in [1.82, 2.24) is 10.2 Å². The fourth-order valence-corrected chi connectivity index (χ4v) is 4.58. The van der Waals surface area contributed by atoms with E-state index in [1.807, 2.05) is 30.3 Å². The van der Waals surface area contributed by atoms with E-state index >= 15 is 0 Å². The van der Waals surface area contributed by atoms with Gasteiger partial charge in [0, 0.05) is 41.0 Å². The predicted molar refractivity (Wildman–Crippen MR) is 155 cm³/mol. The van der Waals surface area contributed by atoms with Crippen molar-refractivity contribution >= 4 is 46.6 Å². The van der Waals surface area contributed by atoms with E-state index in [9.17, 15) is 9.59 Å². The molecule has 0 aliphatic carbocycles. The van der Waals surface area contributed by atoms with Crippen LogP contribution in [0.2, 0.25) is 15.1 Å². The Balaban J connectivity index is 1.80. The molecule has 0 bridgehead atoms. The van der Waals surface area contributed by atoms with Gasteiger partial charge in [-0.05, 0) is 60.4 Å². The second-order valence-corrected chi connectivity index (χ2v) is 10.3. The second kappa shape index (κ2) is 15.6. The molecule has 1 N–H and O–H groups in total. The third kappa shape index (κ3) is 9.54. The summed E-state index contributed by atoms with van der Waals surface area (Å²) in [5.41, 5.74) is 1.69. The highest BCUT2D eigenvalue weighted by atomic mass is 35.5. The number of benzene rings is 3. The highest BCUT2D eigenvalue weighted by molar-refractivity contribution is 6.35. The Hall–Kier alpha value is -2.73. The standard InChI is InChI=1S/C30H33Cl3N2O3/c1-2-3-17-34-30(37)28(19-22-8-5-4-6-9-22)35(21-23-11-12-25(32)20-27(23)33)29(36)10-7-18-38-26-15-13-24(31)14-16-26/h4-6,8-9,11-16,20,28H,2-3,7,10,17-19,21H2,1H3,(H,34,37). The van der Waals surface area contributed by atoms with Crippen LogP contribution in [0.5, 0.6) is 5.75 Å². The Morgan fingerprint density at radius 3 is 2.32 bits per heavy atom. The average Bonchev–Trinajstić information content (AvgIpc) is 2.91. The van der Waals surface area contributed by atoms with E-state index < -0.39 is 6.04 Å². The molecule has 3 aromatic carbocycles. The van der Waals surface area contributed by atoms with Gasteiger partial charge in [-0.25, -0.2) is 0 Å². The average molecular weight is 576 g/mol. The summed E-state index contributed by atoms with van der Waals surface area (Å²) in [6.45, 7) is 3.16. The Morgan fingerprint density at radius 1 is 0.921 bits per heavy atom. The topological polar surface area (TPSA) is 58.6 Å². The predicted octanol–water partition coefficient (Wildman–Crippen LogP) is 7.36. The molecule has 2 amide bonds. The van der Waals surface area contributed by atoms with Gasteiger partial charge in [-0.2, -0.15) is 0 Å². The highest BCUT2D eigenvalue weighted by Crippen LogP contribution is 2.25. The lowest BCUT2D eigenvalue weighted by Crippen LogP contribution is -2.50. The zero-order chi connectivity index (χ0) is 27.3. The molecule has 1 unspecified atom stereocenters. The van der Waals surface area contributed by atoms with Crippen LogP contribution < -0.4 is 10.1 Å². The number of carbonyl (C=O) groups excluding carboxylic acids is 2. The number of halogens is 3. The molecular formula is C30H33Cl3N2O3. The maximum Gasteiger partial charge on any atom is 0.243 e. The van der Waals surface area contributed by atoms with Crippen LogP contribution in [-0.2, 0) is 22.6 Å². The Morgan fingerprint density at radius 2 is 1.63 bits per heavy atom. The number of nitrogens with one attached hydrogen (secondary N) is 1. The van der Waals surface area contributed by atoms with Gasteiger partial charge < -0.3 is 15.0 Å². The summed E-state index contributed by atoms with van der Waals surface area (Å²) in [6, 6.07) is 21.3. The zero-order valence-corrected chi connectivity index (χ0v) is 23.7. The van der Waals surface area contributed by atoms with Crippen LogP contribution in [0.4, 0.5) is 0 Å². The largest absolute Gasteiger partial charge is 0.494 e. The van der Waals surface area contributed by atoms with E-state index in [0.717, 1.165) is 24.0 Å². The normalized spacial score (nSPS) is 11.6. The second-order valence-electron chi connectivity index (χ2n) is 9.01. The molecule has 1 atom stereocenters. The van der Waals surface area contributed by atoms with Crippen LogP contribution in [0.3, 0.4) is 0 Å². The molecule has 38 heavy (non-hydrogen) atoms. The number of rotatable bonds is 14. The number of amides is 2. The first-order valence-corrected chi connectivity index (χ1v) is 13.9. The van der Waals surface area contributed by atoms with Gasteiger partial charge >= 0.3 is 0 Å². The molecular weight excluding hydrogens is 543 g/mol. The van der Waals surface area contributed by atoms with E-state index in [4.69, 9.17) is 39.5 Å². The molecule has 3 aromatic rings. The van der Waals surface area contributed by atoms with Crippen molar-refractivity contribution in [3.8, 4) is 5.75 Å². The number of carbonyl (C=O) groups is 2. The Bertz CT molecular complexity index is 1170. The van der Waals surface area contributed by atoms with Crippen LogP contribution in [-0.4, -0.2) is 35.9 Å².